The van der Waals surface area contributed by atoms with E-state index in [0.717, 1.165) is 45.4 Å². The highest BCUT2D eigenvalue weighted by Gasteiger charge is 2.27. The topological polar surface area (TPSA) is 61.9 Å². The Morgan fingerprint density at radius 1 is 1.25 bits per heavy atom. The Morgan fingerprint density at radius 3 is 2.85 bits per heavy atom. The Labute approximate surface area is 120 Å². The zero-order valence-corrected chi connectivity index (χ0v) is 12.3. The highest BCUT2D eigenvalue weighted by molar-refractivity contribution is 6.34. The average molecular weight is 283 g/mol. The number of hydrogen-bond donors (Lipinski definition) is 1. The van der Waals surface area contributed by atoms with Crippen molar-refractivity contribution in [1.82, 2.24) is 15.1 Å². The fourth-order valence-corrected chi connectivity index (χ4v) is 2.69. The quantitative estimate of drug-likeness (QED) is 0.715. The molecule has 2 amide bonds. The maximum Gasteiger partial charge on any atom is 0.312 e. The first kappa shape index (κ1) is 15.3. The van der Waals surface area contributed by atoms with Gasteiger partial charge < -0.3 is 19.9 Å². The average Bonchev–Trinajstić information content (AvgIpc) is 2.75. The number of amides is 2. The molecule has 2 aliphatic heterocycles. The summed E-state index contributed by atoms with van der Waals surface area (Å²) in [4.78, 5) is 27.6. The molecule has 2 heterocycles. The second-order valence-electron chi connectivity index (χ2n) is 5.57. The van der Waals surface area contributed by atoms with E-state index >= 15 is 0 Å². The standard InChI is InChI=1S/C14H25N3O3/c1-16(11-12-5-2-3-10-20-12)13(18)14(19)17-8-4-6-15-7-9-17/h12,15H,2-11H2,1H3. The predicted molar refractivity (Wildman–Crippen MR) is 75.3 cm³/mol. The van der Waals surface area contributed by atoms with E-state index in [4.69, 9.17) is 4.74 Å². The van der Waals surface area contributed by atoms with E-state index in [-0.39, 0.29) is 12.0 Å². The number of carbonyl (C=O) groups excluding carboxylic acids is 2. The number of likely N-dealkylation sites (N-methyl/N-ethyl adjacent to an activating group) is 1. The van der Waals surface area contributed by atoms with Crippen LogP contribution in [0, 0.1) is 0 Å². The fourth-order valence-electron chi connectivity index (χ4n) is 2.69. The number of ether oxygens (including phenoxy) is 1. The van der Waals surface area contributed by atoms with E-state index in [1.807, 2.05) is 0 Å². The summed E-state index contributed by atoms with van der Waals surface area (Å²) in [5.74, 6) is -0.798. The minimum Gasteiger partial charge on any atom is -0.376 e. The van der Waals surface area contributed by atoms with Gasteiger partial charge in [-0.15, -0.1) is 0 Å². The van der Waals surface area contributed by atoms with Crippen molar-refractivity contribution in [3.8, 4) is 0 Å². The first-order valence-corrected chi connectivity index (χ1v) is 7.55. The van der Waals surface area contributed by atoms with Crippen LogP contribution in [0.4, 0.5) is 0 Å². The molecule has 0 bridgehead atoms. The molecule has 0 aliphatic carbocycles. The number of nitrogens with one attached hydrogen (secondary N) is 1. The molecule has 0 radical (unpaired) electrons. The van der Waals surface area contributed by atoms with Crippen LogP contribution in [0.25, 0.3) is 0 Å². The van der Waals surface area contributed by atoms with E-state index in [2.05, 4.69) is 5.32 Å². The third-order valence-electron chi connectivity index (χ3n) is 3.91. The van der Waals surface area contributed by atoms with Gasteiger partial charge in [0.15, 0.2) is 0 Å². The number of rotatable bonds is 2. The Morgan fingerprint density at radius 2 is 2.10 bits per heavy atom. The second-order valence-corrected chi connectivity index (χ2v) is 5.57. The van der Waals surface area contributed by atoms with Crippen molar-refractivity contribution in [3.63, 3.8) is 0 Å². The van der Waals surface area contributed by atoms with Crippen LogP contribution in [0.15, 0.2) is 0 Å². The van der Waals surface area contributed by atoms with Crippen LogP contribution < -0.4 is 5.32 Å². The van der Waals surface area contributed by atoms with Crippen molar-refractivity contribution in [3.05, 3.63) is 0 Å². The molecule has 2 fully saturated rings. The molecule has 6 heteroatoms. The minimum atomic E-state index is -0.416. The maximum absolute atomic E-state index is 12.2. The van der Waals surface area contributed by atoms with Gasteiger partial charge in [-0.05, 0) is 32.2 Å². The molecule has 0 saturated carbocycles. The van der Waals surface area contributed by atoms with Crippen molar-refractivity contribution < 1.29 is 14.3 Å². The fraction of sp³-hybridized carbons (Fsp3) is 0.857. The third kappa shape index (κ3) is 4.18. The molecular formula is C14H25N3O3. The van der Waals surface area contributed by atoms with E-state index in [1.165, 1.54) is 4.90 Å². The van der Waals surface area contributed by atoms with Crippen LogP contribution in [0.5, 0.6) is 0 Å². The molecule has 114 valence electrons. The Hall–Kier alpha value is -1.14. The molecular weight excluding hydrogens is 258 g/mol. The lowest BCUT2D eigenvalue weighted by atomic mass is 10.1. The summed E-state index contributed by atoms with van der Waals surface area (Å²) in [6.45, 7) is 4.21. The minimum absolute atomic E-state index is 0.0799. The van der Waals surface area contributed by atoms with Gasteiger partial charge in [-0.2, -0.15) is 0 Å². The van der Waals surface area contributed by atoms with Crippen LogP contribution in [-0.2, 0) is 14.3 Å². The molecule has 6 nitrogen and oxygen atoms in total. The Balaban J connectivity index is 1.83. The van der Waals surface area contributed by atoms with Crippen molar-refractivity contribution >= 4 is 11.8 Å². The van der Waals surface area contributed by atoms with Gasteiger partial charge in [0.1, 0.15) is 0 Å². The van der Waals surface area contributed by atoms with E-state index in [9.17, 15) is 9.59 Å². The van der Waals surface area contributed by atoms with E-state index in [0.29, 0.717) is 19.6 Å². The molecule has 0 spiro atoms. The zero-order valence-electron chi connectivity index (χ0n) is 12.3. The van der Waals surface area contributed by atoms with Crippen LogP contribution in [-0.4, -0.2) is 74.1 Å². The first-order chi connectivity index (χ1) is 9.68. The summed E-state index contributed by atoms with van der Waals surface area (Å²) in [6, 6.07) is 0. The second kappa shape index (κ2) is 7.59. The molecule has 2 rings (SSSR count). The summed E-state index contributed by atoms with van der Waals surface area (Å²) >= 11 is 0. The molecule has 0 aromatic carbocycles. The highest BCUT2D eigenvalue weighted by atomic mass is 16.5. The normalized spacial score (nSPS) is 24.1. The molecule has 2 aliphatic rings. The van der Waals surface area contributed by atoms with Crippen molar-refractivity contribution in [2.24, 2.45) is 0 Å². The molecule has 20 heavy (non-hydrogen) atoms. The van der Waals surface area contributed by atoms with Crippen molar-refractivity contribution in [2.75, 3.05) is 46.4 Å². The van der Waals surface area contributed by atoms with E-state index in [1.54, 1.807) is 11.9 Å². The SMILES string of the molecule is CN(CC1CCCCO1)C(=O)C(=O)N1CCCNCC1. The van der Waals surface area contributed by atoms with Gasteiger partial charge in [0.25, 0.3) is 0 Å². The Kier molecular flexibility index (Phi) is 5.79. The predicted octanol–water partition coefficient (Wildman–Crippen LogP) is -0.164. The lowest BCUT2D eigenvalue weighted by molar-refractivity contribution is -0.152. The van der Waals surface area contributed by atoms with Crippen LogP contribution in [0.3, 0.4) is 0 Å². The summed E-state index contributed by atoms with van der Waals surface area (Å²) in [7, 11) is 1.69. The highest BCUT2D eigenvalue weighted by Crippen LogP contribution is 2.13. The molecule has 0 aromatic heterocycles. The van der Waals surface area contributed by atoms with Crippen LogP contribution >= 0.6 is 0 Å². The van der Waals surface area contributed by atoms with E-state index < -0.39 is 5.91 Å². The van der Waals surface area contributed by atoms with Gasteiger partial charge in [0, 0.05) is 39.8 Å². The first-order valence-electron chi connectivity index (χ1n) is 7.55. The van der Waals surface area contributed by atoms with Gasteiger partial charge in [-0.25, -0.2) is 0 Å². The molecule has 1 unspecified atom stereocenters. The van der Waals surface area contributed by atoms with Gasteiger partial charge in [0.05, 0.1) is 6.10 Å². The van der Waals surface area contributed by atoms with Gasteiger partial charge in [0.2, 0.25) is 0 Å². The summed E-state index contributed by atoms with van der Waals surface area (Å²) < 4.78 is 5.62. The lowest BCUT2D eigenvalue weighted by Gasteiger charge is -2.28. The number of carbonyl (C=O) groups is 2. The Bertz CT molecular complexity index is 335. The zero-order chi connectivity index (χ0) is 14.4. The molecule has 1 atom stereocenters. The number of nitrogens with zero attached hydrogens (tertiary/aromatic N) is 2. The summed E-state index contributed by atoms with van der Waals surface area (Å²) in [5, 5.41) is 3.23. The van der Waals surface area contributed by atoms with Crippen LogP contribution in [0.2, 0.25) is 0 Å². The van der Waals surface area contributed by atoms with Gasteiger partial charge in [-0.3, -0.25) is 9.59 Å². The van der Waals surface area contributed by atoms with Gasteiger partial charge >= 0.3 is 11.8 Å². The third-order valence-corrected chi connectivity index (χ3v) is 3.91. The lowest BCUT2D eigenvalue weighted by Crippen LogP contribution is -2.47. The van der Waals surface area contributed by atoms with Crippen molar-refractivity contribution in [1.29, 1.82) is 0 Å². The summed E-state index contributed by atoms with van der Waals surface area (Å²) in [6.07, 6.45) is 4.18. The maximum atomic E-state index is 12.2. The van der Waals surface area contributed by atoms with Crippen LogP contribution in [0.1, 0.15) is 25.7 Å². The van der Waals surface area contributed by atoms with Crippen molar-refractivity contribution in [2.45, 2.75) is 31.8 Å². The smallest absolute Gasteiger partial charge is 0.312 e. The molecule has 1 N–H and O–H groups in total. The monoisotopic (exact) mass is 283 g/mol. The van der Waals surface area contributed by atoms with Gasteiger partial charge in [-0.1, -0.05) is 0 Å². The number of hydrogen-bond acceptors (Lipinski definition) is 4. The summed E-state index contributed by atoms with van der Waals surface area (Å²) in [5.41, 5.74) is 0. The molecule has 0 aromatic rings. The largest absolute Gasteiger partial charge is 0.376 e. The molecule has 2 saturated heterocycles.